The molecule has 2 aromatic carbocycles. The first-order chi connectivity index (χ1) is 9.47. The van der Waals surface area contributed by atoms with E-state index in [0.29, 0.717) is 5.56 Å². The number of halogens is 1. The first-order valence-electron chi connectivity index (χ1n) is 6.61. The van der Waals surface area contributed by atoms with Gasteiger partial charge < -0.3 is 5.32 Å². The molecule has 1 unspecified atom stereocenters. The highest BCUT2D eigenvalue weighted by Gasteiger charge is 2.11. The van der Waals surface area contributed by atoms with Gasteiger partial charge in [-0.25, -0.2) is 0 Å². The van der Waals surface area contributed by atoms with Gasteiger partial charge >= 0.3 is 0 Å². The Labute approximate surface area is 128 Å². The summed E-state index contributed by atoms with van der Waals surface area (Å²) in [5, 5.41) is 3.02. The molecular formula is C17H18BrNO. The molecule has 0 bridgehead atoms. The van der Waals surface area contributed by atoms with Crippen molar-refractivity contribution in [3.05, 3.63) is 69.2 Å². The van der Waals surface area contributed by atoms with E-state index in [1.807, 2.05) is 31.2 Å². The Kier molecular flexibility index (Phi) is 4.61. The molecule has 104 valence electrons. The predicted octanol–water partition coefficient (Wildman–Crippen LogP) is 4.56. The molecule has 1 amide bonds. The maximum atomic E-state index is 12.2. The average molecular weight is 332 g/mol. The van der Waals surface area contributed by atoms with E-state index in [4.69, 9.17) is 0 Å². The van der Waals surface area contributed by atoms with E-state index in [1.54, 1.807) is 0 Å². The highest BCUT2D eigenvalue weighted by Crippen LogP contribution is 2.18. The van der Waals surface area contributed by atoms with E-state index in [2.05, 4.69) is 53.3 Å². The highest BCUT2D eigenvalue weighted by atomic mass is 79.9. The number of hydrogen-bond donors (Lipinski definition) is 1. The Balaban J connectivity index is 2.10. The van der Waals surface area contributed by atoms with Gasteiger partial charge in [0.05, 0.1) is 6.04 Å². The topological polar surface area (TPSA) is 29.1 Å². The van der Waals surface area contributed by atoms with E-state index >= 15 is 0 Å². The maximum absolute atomic E-state index is 12.2. The lowest BCUT2D eigenvalue weighted by atomic mass is 10.0. The van der Waals surface area contributed by atoms with Gasteiger partial charge in [-0.15, -0.1) is 0 Å². The van der Waals surface area contributed by atoms with Crippen molar-refractivity contribution < 1.29 is 4.79 Å². The van der Waals surface area contributed by atoms with Crippen LogP contribution in [-0.2, 0) is 0 Å². The summed E-state index contributed by atoms with van der Waals surface area (Å²) in [7, 11) is 0. The van der Waals surface area contributed by atoms with Crippen molar-refractivity contribution in [2.75, 3.05) is 0 Å². The van der Waals surface area contributed by atoms with Crippen LogP contribution in [0.15, 0.2) is 46.9 Å². The fourth-order valence-corrected chi connectivity index (χ4v) is 2.26. The number of hydrogen-bond acceptors (Lipinski definition) is 1. The number of nitrogens with one attached hydrogen (secondary N) is 1. The summed E-state index contributed by atoms with van der Waals surface area (Å²) >= 11 is 3.37. The normalized spacial score (nSPS) is 12.0. The van der Waals surface area contributed by atoms with Crippen molar-refractivity contribution in [1.29, 1.82) is 0 Å². The van der Waals surface area contributed by atoms with Crippen LogP contribution in [0.25, 0.3) is 0 Å². The van der Waals surface area contributed by atoms with Crippen molar-refractivity contribution in [2.45, 2.75) is 26.8 Å². The van der Waals surface area contributed by atoms with Crippen LogP contribution < -0.4 is 5.32 Å². The van der Waals surface area contributed by atoms with Crippen LogP contribution in [0.2, 0.25) is 0 Å². The molecule has 0 radical (unpaired) electrons. The monoisotopic (exact) mass is 331 g/mol. The van der Waals surface area contributed by atoms with E-state index < -0.39 is 0 Å². The molecule has 0 heterocycles. The van der Waals surface area contributed by atoms with Crippen molar-refractivity contribution in [1.82, 2.24) is 5.32 Å². The van der Waals surface area contributed by atoms with Gasteiger partial charge in [-0.3, -0.25) is 4.79 Å². The number of rotatable bonds is 3. The lowest BCUT2D eigenvalue weighted by Gasteiger charge is -2.16. The maximum Gasteiger partial charge on any atom is 0.251 e. The fraction of sp³-hybridized carbons (Fsp3) is 0.235. The van der Waals surface area contributed by atoms with Crippen molar-refractivity contribution in [2.24, 2.45) is 0 Å². The van der Waals surface area contributed by atoms with Gasteiger partial charge in [-0.1, -0.05) is 34.1 Å². The van der Waals surface area contributed by atoms with Gasteiger partial charge in [0.15, 0.2) is 0 Å². The third kappa shape index (κ3) is 3.48. The number of aryl methyl sites for hydroxylation is 2. The van der Waals surface area contributed by atoms with Gasteiger partial charge in [0.25, 0.3) is 5.91 Å². The summed E-state index contributed by atoms with van der Waals surface area (Å²) in [6, 6.07) is 13.6. The molecule has 2 rings (SSSR count). The zero-order chi connectivity index (χ0) is 14.7. The summed E-state index contributed by atoms with van der Waals surface area (Å²) in [4.78, 5) is 12.2. The first kappa shape index (κ1) is 14.8. The van der Waals surface area contributed by atoms with Crippen LogP contribution >= 0.6 is 15.9 Å². The number of carbonyl (C=O) groups excluding carboxylic acids is 1. The Hall–Kier alpha value is -1.61. The number of amides is 1. The van der Waals surface area contributed by atoms with Crippen LogP contribution in [0.5, 0.6) is 0 Å². The first-order valence-corrected chi connectivity index (χ1v) is 7.40. The smallest absolute Gasteiger partial charge is 0.251 e. The van der Waals surface area contributed by atoms with Gasteiger partial charge in [-0.2, -0.15) is 0 Å². The summed E-state index contributed by atoms with van der Waals surface area (Å²) in [6.07, 6.45) is 0. The van der Waals surface area contributed by atoms with Crippen LogP contribution in [0, 0.1) is 13.8 Å². The molecule has 0 saturated heterocycles. The molecule has 0 spiro atoms. The third-order valence-corrected chi connectivity index (χ3v) is 4.01. The van der Waals surface area contributed by atoms with Gasteiger partial charge in [0.2, 0.25) is 0 Å². The fourth-order valence-electron chi connectivity index (χ4n) is 2.00. The molecule has 0 aliphatic rings. The lowest BCUT2D eigenvalue weighted by Crippen LogP contribution is -2.26. The summed E-state index contributed by atoms with van der Waals surface area (Å²) < 4.78 is 0.969. The lowest BCUT2D eigenvalue weighted by molar-refractivity contribution is 0.0940. The molecule has 0 aliphatic carbocycles. The number of carbonyl (C=O) groups is 1. The second kappa shape index (κ2) is 6.23. The van der Waals surface area contributed by atoms with E-state index in [9.17, 15) is 4.79 Å². The molecule has 1 N–H and O–H groups in total. The summed E-state index contributed by atoms with van der Waals surface area (Å²) in [6.45, 7) is 6.17. The second-order valence-corrected chi connectivity index (χ2v) is 5.96. The number of benzene rings is 2. The summed E-state index contributed by atoms with van der Waals surface area (Å²) in [5.74, 6) is -0.0526. The van der Waals surface area contributed by atoms with Gasteiger partial charge in [-0.05, 0) is 61.7 Å². The zero-order valence-electron chi connectivity index (χ0n) is 11.9. The SMILES string of the molecule is Cc1ccc(C(C)NC(=O)c2ccc(Br)cc2)cc1C. The molecule has 1 atom stereocenters. The Morgan fingerprint density at radius 2 is 1.70 bits per heavy atom. The van der Waals surface area contributed by atoms with Gasteiger partial charge in [0, 0.05) is 10.0 Å². The van der Waals surface area contributed by atoms with Gasteiger partial charge in [0.1, 0.15) is 0 Å². The van der Waals surface area contributed by atoms with Crippen LogP contribution in [0.4, 0.5) is 0 Å². The Morgan fingerprint density at radius 3 is 2.30 bits per heavy atom. The third-order valence-electron chi connectivity index (χ3n) is 3.48. The van der Waals surface area contributed by atoms with Crippen LogP contribution in [-0.4, -0.2) is 5.91 Å². The molecule has 0 fully saturated rings. The molecule has 2 aromatic rings. The van der Waals surface area contributed by atoms with E-state index in [1.165, 1.54) is 11.1 Å². The van der Waals surface area contributed by atoms with Crippen molar-refractivity contribution in [3.8, 4) is 0 Å². The van der Waals surface area contributed by atoms with Crippen molar-refractivity contribution in [3.63, 3.8) is 0 Å². The zero-order valence-corrected chi connectivity index (χ0v) is 13.5. The Morgan fingerprint density at radius 1 is 1.05 bits per heavy atom. The second-order valence-electron chi connectivity index (χ2n) is 5.05. The molecule has 0 aromatic heterocycles. The van der Waals surface area contributed by atoms with Crippen LogP contribution in [0.1, 0.15) is 40.0 Å². The minimum absolute atomic E-state index is 0.00885. The molecule has 0 saturated carbocycles. The predicted molar refractivity (Wildman–Crippen MR) is 85.9 cm³/mol. The minimum atomic E-state index is -0.0526. The molecule has 3 heteroatoms. The standard InChI is InChI=1S/C17H18BrNO/c1-11-4-5-15(10-12(11)2)13(3)19-17(20)14-6-8-16(18)9-7-14/h4-10,13H,1-3H3,(H,19,20). The molecule has 2 nitrogen and oxygen atoms in total. The van der Waals surface area contributed by atoms with Crippen LogP contribution in [0.3, 0.4) is 0 Å². The van der Waals surface area contributed by atoms with E-state index in [0.717, 1.165) is 10.0 Å². The minimum Gasteiger partial charge on any atom is -0.346 e. The molecule has 0 aliphatic heterocycles. The molecular weight excluding hydrogens is 314 g/mol. The summed E-state index contributed by atoms with van der Waals surface area (Å²) in [5.41, 5.74) is 4.30. The largest absolute Gasteiger partial charge is 0.346 e. The quantitative estimate of drug-likeness (QED) is 0.877. The van der Waals surface area contributed by atoms with Crippen molar-refractivity contribution >= 4 is 21.8 Å². The highest BCUT2D eigenvalue weighted by molar-refractivity contribution is 9.10. The Bertz CT molecular complexity index is 619. The van der Waals surface area contributed by atoms with E-state index in [-0.39, 0.29) is 11.9 Å². The molecule has 20 heavy (non-hydrogen) atoms. The average Bonchev–Trinajstić information content (AvgIpc) is 2.42.